The highest BCUT2D eigenvalue weighted by atomic mass is 16.5. The van der Waals surface area contributed by atoms with Crippen molar-refractivity contribution in [3.63, 3.8) is 0 Å². The number of nitrogens with zero attached hydrogens (tertiary/aromatic N) is 2. The number of allylic oxidation sites excluding steroid dienone is 2. The highest BCUT2D eigenvalue weighted by Gasteiger charge is 2.11. The lowest BCUT2D eigenvalue weighted by molar-refractivity contribution is 0.237. The summed E-state index contributed by atoms with van der Waals surface area (Å²) >= 11 is 0. The summed E-state index contributed by atoms with van der Waals surface area (Å²) in [7, 11) is 0. The predicted octanol–water partition coefficient (Wildman–Crippen LogP) is 1.82. The fourth-order valence-corrected chi connectivity index (χ4v) is 1.36. The monoisotopic (exact) mass is 176 g/mol. The second-order valence-electron chi connectivity index (χ2n) is 3.15. The minimum atomic E-state index is 0.481. The first-order valence-corrected chi connectivity index (χ1v) is 4.50. The van der Waals surface area contributed by atoms with E-state index in [2.05, 4.69) is 22.1 Å². The Balaban J connectivity index is 1.80. The molecule has 1 aromatic heterocycles. The highest BCUT2D eigenvalue weighted by molar-refractivity contribution is 4.97. The second kappa shape index (κ2) is 4.03. The fourth-order valence-electron chi connectivity index (χ4n) is 1.36. The molecule has 3 heteroatoms. The molecule has 0 N–H and O–H groups in total. The lowest BCUT2D eigenvalue weighted by Crippen LogP contribution is -2.09. The summed E-state index contributed by atoms with van der Waals surface area (Å²) in [6.45, 7) is 0.719. The van der Waals surface area contributed by atoms with Crippen LogP contribution < -0.4 is 4.74 Å². The van der Waals surface area contributed by atoms with E-state index in [1.54, 1.807) is 18.5 Å². The Kier molecular flexibility index (Phi) is 2.55. The lowest BCUT2D eigenvalue weighted by Gasteiger charge is -2.08. The molecule has 13 heavy (non-hydrogen) atoms. The molecule has 68 valence electrons. The topological polar surface area (TPSA) is 35.0 Å². The Morgan fingerprint density at radius 2 is 1.92 bits per heavy atom. The lowest BCUT2D eigenvalue weighted by atomic mass is 10.1. The van der Waals surface area contributed by atoms with E-state index in [-0.39, 0.29) is 0 Å². The molecule has 0 saturated carbocycles. The molecule has 3 nitrogen and oxygen atoms in total. The molecule has 0 amide bonds. The molecular weight excluding hydrogens is 164 g/mol. The van der Waals surface area contributed by atoms with Crippen LogP contribution in [0.3, 0.4) is 0 Å². The van der Waals surface area contributed by atoms with Crippen molar-refractivity contribution < 1.29 is 4.74 Å². The van der Waals surface area contributed by atoms with Gasteiger partial charge in [0.2, 0.25) is 0 Å². The molecule has 1 aromatic rings. The van der Waals surface area contributed by atoms with E-state index in [0.29, 0.717) is 11.9 Å². The summed E-state index contributed by atoms with van der Waals surface area (Å²) in [4.78, 5) is 7.97. The SMILES string of the molecule is C1=CCC(COc2ncccn2)C1. The normalized spacial score (nSPS) is 16.3. The molecular formula is C10H12N2O. The summed E-state index contributed by atoms with van der Waals surface area (Å²) in [5.74, 6) is 0.615. The van der Waals surface area contributed by atoms with E-state index in [1.807, 2.05) is 0 Å². The Morgan fingerprint density at radius 1 is 1.23 bits per heavy atom. The molecule has 0 radical (unpaired) electrons. The summed E-state index contributed by atoms with van der Waals surface area (Å²) in [5.41, 5.74) is 0. The van der Waals surface area contributed by atoms with Crippen LogP contribution in [0.2, 0.25) is 0 Å². The number of aromatic nitrogens is 2. The van der Waals surface area contributed by atoms with Crippen molar-refractivity contribution in [2.45, 2.75) is 12.8 Å². The van der Waals surface area contributed by atoms with Crippen LogP contribution in [0, 0.1) is 5.92 Å². The molecule has 0 fully saturated rings. The first-order chi connectivity index (χ1) is 6.45. The smallest absolute Gasteiger partial charge is 0.316 e. The molecule has 1 aliphatic carbocycles. The quantitative estimate of drug-likeness (QED) is 0.659. The third-order valence-corrected chi connectivity index (χ3v) is 2.10. The number of hydrogen-bond donors (Lipinski definition) is 0. The standard InChI is InChI=1S/C10H12N2O/c1-2-5-9(4-1)8-13-10-11-6-3-7-12-10/h1-3,6-7,9H,4-5,8H2. The van der Waals surface area contributed by atoms with Crippen molar-refractivity contribution in [2.24, 2.45) is 5.92 Å². The first kappa shape index (κ1) is 8.23. The van der Waals surface area contributed by atoms with Crippen LogP contribution in [0.15, 0.2) is 30.6 Å². The Morgan fingerprint density at radius 3 is 2.62 bits per heavy atom. The van der Waals surface area contributed by atoms with E-state index >= 15 is 0 Å². The average Bonchev–Trinajstić information content (AvgIpc) is 2.69. The van der Waals surface area contributed by atoms with Gasteiger partial charge in [-0.05, 0) is 24.8 Å². The van der Waals surface area contributed by atoms with Crippen molar-refractivity contribution in [1.82, 2.24) is 9.97 Å². The molecule has 1 aliphatic rings. The van der Waals surface area contributed by atoms with E-state index in [4.69, 9.17) is 4.74 Å². The van der Waals surface area contributed by atoms with E-state index in [9.17, 15) is 0 Å². The van der Waals surface area contributed by atoms with Gasteiger partial charge in [0, 0.05) is 12.4 Å². The zero-order valence-electron chi connectivity index (χ0n) is 7.39. The zero-order chi connectivity index (χ0) is 8.93. The van der Waals surface area contributed by atoms with Gasteiger partial charge in [-0.25, -0.2) is 9.97 Å². The Bertz CT molecular complexity index is 276. The maximum absolute atomic E-state index is 5.43. The number of hydrogen-bond acceptors (Lipinski definition) is 3. The first-order valence-electron chi connectivity index (χ1n) is 4.50. The average molecular weight is 176 g/mol. The van der Waals surface area contributed by atoms with Crippen molar-refractivity contribution in [1.29, 1.82) is 0 Å². The molecule has 0 aromatic carbocycles. The van der Waals surface area contributed by atoms with Crippen LogP contribution in [0.25, 0.3) is 0 Å². The van der Waals surface area contributed by atoms with Crippen LogP contribution in [-0.2, 0) is 0 Å². The molecule has 0 aliphatic heterocycles. The van der Waals surface area contributed by atoms with Gasteiger partial charge in [0.15, 0.2) is 0 Å². The van der Waals surface area contributed by atoms with E-state index < -0.39 is 0 Å². The van der Waals surface area contributed by atoms with Gasteiger partial charge < -0.3 is 4.74 Å². The molecule has 0 saturated heterocycles. The van der Waals surface area contributed by atoms with Crippen molar-refractivity contribution in [3.05, 3.63) is 30.6 Å². The third-order valence-electron chi connectivity index (χ3n) is 2.10. The van der Waals surface area contributed by atoms with Gasteiger partial charge in [0.25, 0.3) is 0 Å². The molecule has 1 heterocycles. The van der Waals surface area contributed by atoms with Gasteiger partial charge in [-0.3, -0.25) is 0 Å². The van der Waals surface area contributed by atoms with Crippen LogP contribution >= 0.6 is 0 Å². The van der Waals surface area contributed by atoms with Gasteiger partial charge in [0.05, 0.1) is 6.61 Å². The van der Waals surface area contributed by atoms with E-state index in [0.717, 1.165) is 19.4 Å². The van der Waals surface area contributed by atoms with Crippen LogP contribution in [0.5, 0.6) is 6.01 Å². The van der Waals surface area contributed by atoms with Crippen molar-refractivity contribution in [2.75, 3.05) is 6.61 Å². The summed E-state index contributed by atoms with van der Waals surface area (Å²) in [6.07, 6.45) is 10.0. The molecule has 0 spiro atoms. The molecule has 2 rings (SSSR count). The summed E-state index contributed by atoms with van der Waals surface area (Å²) < 4.78 is 5.43. The van der Waals surface area contributed by atoms with Gasteiger partial charge in [-0.15, -0.1) is 0 Å². The maximum atomic E-state index is 5.43. The van der Waals surface area contributed by atoms with E-state index in [1.165, 1.54) is 0 Å². The van der Waals surface area contributed by atoms with Crippen molar-refractivity contribution in [3.8, 4) is 6.01 Å². The zero-order valence-corrected chi connectivity index (χ0v) is 7.39. The maximum Gasteiger partial charge on any atom is 0.316 e. The summed E-state index contributed by atoms with van der Waals surface area (Å²) in [5, 5.41) is 0. The van der Waals surface area contributed by atoms with Crippen molar-refractivity contribution >= 4 is 0 Å². The minimum absolute atomic E-state index is 0.481. The second-order valence-corrected chi connectivity index (χ2v) is 3.15. The Labute approximate surface area is 77.5 Å². The highest BCUT2D eigenvalue weighted by Crippen LogP contribution is 2.17. The van der Waals surface area contributed by atoms with Crippen LogP contribution in [0.1, 0.15) is 12.8 Å². The number of ether oxygens (including phenoxy) is 1. The molecule has 0 unspecified atom stereocenters. The fraction of sp³-hybridized carbons (Fsp3) is 0.400. The van der Waals surface area contributed by atoms with Gasteiger partial charge >= 0.3 is 6.01 Å². The van der Waals surface area contributed by atoms with Gasteiger partial charge in [-0.2, -0.15) is 0 Å². The number of rotatable bonds is 3. The third kappa shape index (κ3) is 2.28. The van der Waals surface area contributed by atoms with Gasteiger partial charge in [0.1, 0.15) is 0 Å². The minimum Gasteiger partial charge on any atom is -0.463 e. The largest absolute Gasteiger partial charge is 0.463 e. The predicted molar refractivity (Wildman–Crippen MR) is 49.4 cm³/mol. The van der Waals surface area contributed by atoms with Gasteiger partial charge in [-0.1, -0.05) is 12.2 Å². The molecule has 0 bridgehead atoms. The Hall–Kier alpha value is -1.38. The summed E-state index contributed by atoms with van der Waals surface area (Å²) in [6, 6.07) is 2.26. The van der Waals surface area contributed by atoms with Crippen LogP contribution in [-0.4, -0.2) is 16.6 Å². The van der Waals surface area contributed by atoms with Crippen LogP contribution in [0.4, 0.5) is 0 Å². The molecule has 0 atom stereocenters.